The molecule has 0 saturated heterocycles. The van der Waals surface area contributed by atoms with Crippen LogP contribution in [0.5, 0.6) is 0 Å². The van der Waals surface area contributed by atoms with Gasteiger partial charge < -0.3 is 16.6 Å². The number of rotatable bonds is 5. The van der Waals surface area contributed by atoms with Crippen LogP contribution in [0.15, 0.2) is 24.5 Å². The molecule has 6 heteroatoms. The van der Waals surface area contributed by atoms with E-state index in [1.165, 1.54) is 6.20 Å². The van der Waals surface area contributed by atoms with E-state index in [0.29, 0.717) is 5.56 Å². The Morgan fingerprint density at radius 2 is 2.06 bits per heavy atom. The molecule has 0 aromatic carbocycles. The first-order valence-electron chi connectivity index (χ1n) is 4.68. The summed E-state index contributed by atoms with van der Waals surface area (Å²) in [6.07, 6.45) is 3.14. The zero-order chi connectivity index (χ0) is 12.1. The van der Waals surface area contributed by atoms with Crippen molar-refractivity contribution in [3.05, 3.63) is 30.1 Å². The minimum absolute atomic E-state index is 0.0377. The highest BCUT2D eigenvalue weighted by Crippen LogP contribution is 2.01. The fourth-order valence-electron chi connectivity index (χ4n) is 1.18. The maximum Gasteiger partial charge on any atom is 0.322 e. The number of carbonyl (C=O) groups excluding carboxylic acids is 1. The van der Waals surface area contributed by atoms with Gasteiger partial charge in [-0.3, -0.25) is 14.6 Å². The van der Waals surface area contributed by atoms with E-state index in [2.05, 4.69) is 4.98 Å². The lowest BCUT2D eigenvalue weighted by atomic mass is 10.0. The number of carboxylic acids is 1. The molecule has 1 rings (SSSR count). The Balaban J connectivity index is 2.63. The van der Waals surface area contributed by atoms with Crippen molar-refractivity contribution in [2.75, 3.05) is 0 Å². The van der Waals surface area contributed by atoms with E-state index in [4.69, 9.17) is 16.6 Å². The van der Waals surface area contributed by atoms with Gasteiger partial charge in [-0.2, -0.15) is 0 Å². The first kappa shape index (κ1) is 12.3. The molecule has 1 aromatic rings. The second kappa shape index (κ2) is 5.34. The number of carbonyl (C=O) groups is 2. The summed E-state index contributed by atoms with van der Waals surface area (Å²) >= 11 is 0. The zero-order valence-corrected chi connectivity index (χ0v) is 8.54. The van der Waals surface area contributed by atoms with Crippen molar-refractivity contribution >= 4 is 11.8 Å². The highest BCUT2D eigenvalue weighted by atomic mass is 16.4. The summed E-state index contributed by atoms with van der Waals surface area (Å²) in [7, 11) is 0. The average molecular weight is 223 g/mol. The summed E-state index contributed by atoms with van der Waals surface area (Å²) in [6.45, 7) is 0. The number of aliphatic carboxylic acids is 1. The largest absolute Gasteiger partial charge is 0.480 e. The molecule has 0 bridgehead atoms. The normalized spacial score (nSPS) is 14.1. The molecule has 16 heavy (non-hydrogen) atoms. The van der Waals surface area contributed by atoms with Gasteiger partial charge >= 0.3 is 5.97 Å². The van der Waals surface area contributed by atoms with Gasteiger partial charge in [-0.25, -0.2) is 0 Å². The third-order valence-electron chi connectivity index (χ3n) is 2.14. The van der Waals surface area contributed by atoms with Crippen LogP contribution >= 0.6 is 0 Å². The molecule has 0 spiro atoms. The van der Waals surface area contributed by atoms with E-state index >= 15 is 0 Å². The lowest BCUT2D eigenvalue weighted by Crippen LogP contribution is -2.52. The standard InChI is InChI=1S/C10H13N3O3/c11-8(9(12)10(15)16)7(14)4-6-2-1-3-13-5-6/h1-3,5,8-9H,4,11-12H2,(H,15,16). The first-order chi connectivity index (χ1) is 7.52. The molecule has 1 aromatic heterocycles. The number of carboxylic acid groups (broad SMARTS) is 1. The van der Waals surface area contributed by atoms with Crippen LogP contribution in [-0.4, -0.2) is 33.9 Å². The third-order valence-corrected chi connectivity index (χ3v) is 2.14. The van der Waals surface area contributed by atoms with E-state index in [1.54, 1.807) is 18.3 Å². The molecule has 86 valence electrons. The molecule has 2 atom stereocenters. The number of pyridine rings is 1. The summed E-state index contributed by atoms with van der Waals surface area (Å²) in [6, 6.07) is 0.830. The molecule has 0 fully saturated rings. The number of ketones is 1. The van der Waals surface area contributed by atoms with Crippen molar-refractivity contribution in [1.82, 2.24) is 4.98 Å². The van der Waals surface area contributed by atoms with Gasteiger partial charge in [0.05, 0.1) is 6.04 Å². The van der Waals surface area contributed by atoms with Gasteiger partial charge in [0.25, 0.3) is 0 Å². The van der Waals surface area contributed by atoms with Gasteiger partial charge in [0.15, 0.2) is 5.78 Å². The zero-order valence-electron chi connectivity index (χ0n) is 8.54. The lowest BCUT2D eigenvalue weighted by molar-refractivity contribution is -0.140. The van der Waals surface area contributed by atoms with Crippen molar-refractivity contribution in [1.29, 1.82) is 0 Å². The molecule has 0 aliphatic rings. The van der Waals surface area contributed by atoms with Crippen LogP contribution in [0.1, 0.15) is 5.56 Å². The SMILES string of the molecule is NC(C(=O)O)C(N)C(=O)Cc1cccnc1. The van der Waals surface area contributed by atoms with Gasteiger partial charge in [-0.05, 0) is 11.6 Å². The number of nitrogens with zero attached hydrogens (tertiary/aromatic N) is 1. The van der Waals surface area contributed by atoms with Gasteiger partial charge in [0.2, 0.25) is 0 Å². The van der Waals surface area contributed by atoms with Crippen LogP contribution in [0.4, 0.5) is 0 Å². The number of aromatic nitrogens is 1. The van der Waals surface area contributed by atoms with Crippen LogP contribution in [0.25, 0.3) is 0 Å². The molecule has 0 aliphatic carbocycles. The summed E-state index contributed by atoms with van der Waals surface area (Å²) in [5.41, 5.74) is 11.4. The van der Waals surface area contributed by atoms with Gasteiger partial charge in [-0.15, -0.1) is 0 Å². The summed E-state index contributed by atoms with van der Waals surface area (Å²) < 4.78 is 0. The second-order valence-electron chi connectivity index (χ2n) is 3.39. The van der Waals surface area contributed by atoms with E-state index in [0.717, 1.165) is 0 Å². The lowest BCUT2D eigenvalue weighted by Gasteiger charge is -2.14. The topological polar surface area (TPSA) is 119 Å². The third kappa shape index (κ3) is 3.11. The summed E-state index contributed by atoms with van der Waals surface area (Å²) in [5, 5.41) is 8.60. The number of Topliss-reactive ketones (excluding diaryl/α,β-unsaturated/α-hetero) is 1. The molecule has 1 heterocycles. The average Bonchev–Trinajstić information content (AvgIpc) is 2.28. The Labute approximate surface area is 92.3 Å². The highest BCUT2D eigenvalue weighted by Gasteiger charge is 2.26. The van der Waals surface area contributed by atoms with Crippen molar-refractivity contribution in [2.24, 2.45) is 11.5 Å². The van der Waals surface area contributed by atoms with Crippen molar-refractivity contribution in [2.45, 2.75) is 18.5 Å². The molecule has 2 unspecified atom stereocenters. The maximum atomic E-state index is 11.6. The molecular weight excluding hydrogens is 210 g/mol. The van der Waals surface area contributed by atoms with E-state index in [-0.39, 0.29) is 6.42 Å². The Morgan fingerprint density at radius 1 is 1.38 bits per heavy atom. The fraction of sp³-hybridized carbons (Fsp3) is 0.300. The predicted molar refractivity (Wildman–Crippen MR) is 56.5 cm³/mol. The van der Waals surface area contributed by atoms with Crippen LogP contribution in [0.3, 0.4) is 0 Å². The van der Waals surface area contributed by atoms with Crippen LogP contribution in [0.2, 0.25) is 0 Å². The number of nitrogens with two attached hydrogens (primary N) is 2. The van der Waals surface area contributed by atoms with E-state index in [1.807, 2.05) is 0 Å². The number of hydrogen-bond donors (Lipinski definition) is 3. The van der Waals surface area contributed by atoms with Gasteiger partial charge in [-0.1, -0.05) is 6.07 Å². The smallest absolute Gasteiger partial charge is 0.322 e. The molecule has 6 nitrogen and oxygen atoms in total. The molecule has 5 N–H and O–H groups in total. The molecule has 0 amide bonds. The second-order valence-corrected chi connectivity index (χ2v) is 3.39. The minimum Gasteiger partial charge on any atom is -0.480 e. The molecule has 0 radical (unpaired) electrons. The summed E-state index contributed by atoms with van der Waals surface area (Å²) in [5.74, 6) is -1.70. The van der Waals surface area contributed by atoms with E-state index < -0.39 is 23.8 Å². The van der Waals surface area contributed by atoms with Gasteiger partial charge in [0, 0.05) is 18.8 Å². The van der Waals surface area contributed by atoms with Crippen molar-refractivity contribution in [3.63, 3.8) is 0 Å². The van der Waals surface area contributed by atoms with Crippen LogP contribution in [0, 0.1) is 0 Å². The molecular formula is C10H13N3O3. The fourth-order valence-corrected chi connectivity index (χ4v) is 1.18. The molecule has 0 saturated carbocycles. The number of hydrogen-bond acceptors (Lipinski definition) is 5. The monoisotopic (exact) mass is 223 g/mol. The maximum absolute atomic E-state index is 11.6. The predicted octanol–water partition coefficient (Wildman–Crippen LogP) is -1.07. The Morgan fingerprint density at radius 3 is 2.56 bits per heavy atom. The molecule has 0 aliphatic heterocycles. The van der Waals surface area contributed by atoms with Crippen LogP contribution in [-0.2, 0) is 16.0 Å². The van der Waals surface area contributed by atoms with E-state index in [9.17, 15) is 9.59 Å². The quantitative estimate of drug-likeness (QED) is 0.585. The summed E-state index contributed by atoms with van der Waals surface area (Å²) in [4.78, 5) is 25.9. The Kier molecular flexibility index (Phi) is 4.10. The van der Waals surface area contributed by atoms with Crippen molar-refractivity contribution in [3.8, 4) is 0 Å². The van der Waals surface area contributed by atoms with Gasteiger partial charge in [0.1, 0.15) is 6.04 Å². The minimum atomic E-state index is -1.37. The highest BCUT2D eigenvalue weighted by molar-refractivity contribution is 5.91. The Bertz CT molecular complexity index is 380. The first-order valence-corrected chi connectivity index (χ1v) is 4.68. The Hall–Kier alpha value is -1.79. The van der Waals surface area contributed by atoms with Crippen LogP contribution < -0.4 is 11.5 Å². The van der Waals surface area contributed by atoms with Crippen molar-refractivity contribution < 1.29 is 14.7 Å².